The number of aromatic nitrogens is 1. The number of aryl methyl sites for hydroxylation is 2. The average Bonchev–Trinajstić information content (AvgIpc) is 2.98. The van der Waals surface area contributed by atoms with Crippen LogP contribution in [0, 0.1) is 13.8 Å². The summed E-state index contributed by atoms with van der Waals surface area (Å²) < 4.78 is 1.11. The Balaban J connectivity index is 1.72. The lowest BCUT2D eigenvalue weighted by atomic mass is 10.0. The number of nitrogens with one attached hydrogen (secondary N) is 2. The molecule has 28 heavy (non-hydrogen) atoms. The number of benzene rings is 2. The molecule has 1 atom stereocenters. The number of hydrogen-bond donors (Lipinski definition) is 2. The van der Waals surface area contributed by atoms with Gasteiger partial charge in [0, 0.05) is 33.6 Å². The number of carbonyl (C=O) groups excluding carboxylic acids is 1. The van der Waals surface area contributed by atoms with Crippen LogP contribution < -0.4 is 10.6 Å². The third-order valence-electron chi connectivity index (χ3n) is 5.21. The fourth-order valence-corrected chi connectivity index (χ4v) is 5.11. The summed E-state index contributed by atoms with van der Waals surface area (Å²) in [5.74, 6) is 0.00154. The monoisotopic (exact) mass is 387 g/mol. The maximum Gasteiger partial charge on any atom is 0.263 e. The van der Waals surface area contributed by atoms with E-state index in [2.05, 4.69) is 66.9 Å². The molecule has 3 heterocycles. The van der Waals surface area contributed by atoms with Gasteiger partial charge in [-0.1, -0.05) is 17.2 Å². The number of fused-ring (bicyclic) bond motifs is 5. The summed E-state index contributed by atoms with van der Waals surface area (Å²) in [7, 11) is 0. The second-order valence-corrected chi connectivity index (χ2v) is 8.69. The molecule has 0 bridgehead atoms. The van der Waals surface area contributed by atoms with E-state index in [-0.39, 0.29) is 11.9 Å². The van der Waals surface area contributed by atoms with Crippen molar-refractivity contribution in [3.63, 3.8) is 0 Å². The SMILES string of the molecule is Cc1cc(C)cc(-c2ccc3c(ccc4sc5c(c43)NC[C@@H](C)NC5=O)n2)c1. The number of pyridine rings is 1. The molecule has 2 aromatic heterocycles. The summed E-state index contributed by atoms with van der Waals surface area (Å²) in [6.07, 6.45) is 0. The van der Waals surface area contributed by atoms with Crippen molar-refractivity contribution in [2.75, 3.05) is 11.9 Å². The number of anilines is 1. The van der Waals surface area contributed by atoms with Crippen molar-refractivity contribution in [3.05, 3.63) is 58.5 Å². The quantitative estimate of drug-likeness (QED) is 0.467. The number of hydrogen-bond acceptors (Lipinski definition) is 4. The van der Waals surface area contributed by atoms with E-state index < -0.39 is 0 Å². The summed E-state index contributed by atoms with van der Waals surface area (Å²) in [6.45, 7) is 6.95. The van der Waals surface area contributed by atoms with Gasteiger partial charge in [-0.25, -0.2) is 4.98 Å². The topological polar surface area (TPSA) is 54.0 Å². The van der Waals surface area contributed by atoms with E-state index in [9.17, 15) is 4.79 Å². The first kappa shape index (κ1) is 17.2. The minimum absolute atomic E-state index is 0.00154. The lowest BCUT2D eigenvalue weighted by Gasteiger charge is -2.10. The molecule has 0 radical (unpaired) electrons. The van der Waals surface area contributed by atoms with Gasteiger partial charge < -0.3 is 10.6 Å². The van der Waals surface area contributed by atoms with E-state index >= 15 is 0 Å². The molecule has 0 unspecified atom stereocenters. The van der Waals surface area contributed by atoms with Crippen LogP contribution in [0.15, 0.2) is 42.5 Å². The van der Waals surface area contributed by atoms with Crippen LogP contribution in [-0.2, 0) is 0 Å². The highest BCUT2D eigenvalue weighted by molar-refractivity contribution is 7.21. The Labute approximate surface area is 167 Å². The zero-order valence-electron chi connectivity index (χ0n) is 16.1. The van der Waals surface area contributed by atoms with Crippen LogP contribution in [-0.4, -0.2) is 23.5 Å². The van der Waals surface area contributed by atoms with Crippen molar-refractivity contribution in [2.24, 2.45) is 0 Å². The highest BCUT2D eigenvalue weighted by Crippen LogP contribution is 2.41. The van der Waals surface area contributed by atoms with Gasteiger partial charge in [0.2, 0.25) is 0 Å². The van der Waals surface area contributed by atoms with Crippen molar-refractivity contribution < 1.29 is 4.79 Å². The third-order valence-corrected chi connectivity index (χ3v) is 6.36. The first-order valence-electron chi connectivity index (χ1n) is 9.49. The van der Waals surface area contributed by atoms with Gasteiger partial charge in [-0.2, -0.15) is 0 Å². The third kappa shape index (κ3) is 2.74. The van der Waals surface area contributed by atoms with E-state index in [1.807, 2.05) is 6.92 Å². The van der Waals surface area contributed by atoms with Crippen LogP contribution in [0.1, 0.15) is 27.7 Å². The zero-order chi connectivity index (χ0) is 19.4. The molecule has 0 aliphatic carbocycles. The van der Waals surface area contributed by atoms with E-state index in [0.717, 1.165) is 49.4 Å². The van der Waals surface area contributed by atoms with Crippen molar-refractivity contribution in [2.45, 2.75) is 26.8 Å². The Kier molecular flexibility index (Phi) is 3.88. The van der Waals surface area contributed by atoms with Gasteiger partial charge in [-0.3, -0.25) is 4.79 Å². The Morgan fingerprint density at radius 2 is 1.86 bits per heavy atom. The Morgan fingerprint density at radius 3 is 2.64 bits per heavy atom. The standard InChI is InChI=1S/C23H21N3OS/c1-12-8-13(2)10-15(9-12)17-5-4-16-18(26-17)6-7-19-20(16)21-22(28-19)23(27)25-14(3)11-24-21/h4-10,14,24H,11H2,1-3H3,(H,25,27)/t14-/m1/s1. The molecule has 4 nitrogen and oxygen atoms in total. The number of thiophene rings is 1. The molecular weight excluding hydrogens is 366 g/mol. The molecule has 1 amide bonds. The molecule has 2 N–H and O–H groups in total. The minimum atomic E-state index is 0.00154. The van der Waals surface area contributed by atoms with Gasteiger partial charge in [0.25, 0.3) is 5.91 Å². The number of rotatable bonds is 1. The van der Waals surface area contributed by atoms with E-state index in [0.29, 0.717) is 0 Å². The van der Waals surface area contributed by atoms with Crippen molar-refractivity contribution in [3.8, 4) is 11.3 Å². The second kappa shape index (κ2) is 6.31. The highest BCUT2D eigenvalue weighted by Gasteiger charge is 2.24. The lowest BCUT2D eigenvalue weighted by molar-refractivity contribution is 0.0949. The van der Waals surface area contributed by atoms with Gasteiger partial charge in [-0.15, -0.1) is 11.3 Å². The molecule has 0 saturated heterocycles. The predicted molar refractivity (Wildman–Crippen MR) is 117 cm³/mol. The van der Waals surface area contributed by atoms with E-state index in [1.54, 1.807) is 11.3 Å². The zero-order valence-corrected chi connectivity index (χ0v) is 16.9. The van der Waals surface area contributed by atoms with Crippen LogP contribution in [0.25, 0.3) is 32.2 Å². The molecule has 140 valence electrons. The molecular formula is C23H21N3OS. The summed E-state index contributed by atoms with van der Waals surface area (Å²) in [5.41, 5.74) is 6.46. The predicted octanol–water partition coefficient (Wildman–Crippen LogP) is 5.28. The van der Waals surface area contributed by atoms with Gasteiger partial charge in [0.05, 0.1) is 16.9 Å². The van der Waals surface area contributed by atoms with Crippen LogP contribution in [0.4, 0.5) is 5.69 Å². The summed E-state index contributed by atoms with van der Waals surface area (Å²) in [5, 5.41) is 8.70. The molecule has 1 aliphatic heterocycles. The van der Waals surface area contributed by atoms with Gasteiger partial charge in [0.1, 0.15) is 4.88 Å². The highest BCUT2D eigenvalue weighted by atomic mass is 32.1. The largest absolute Gasteiger partial charge is 0.381 e. The fraction of sp³-hybridized carbons (Fsp3) is 0.217. The Bertz CT molecular complexity index is 1240. The van der Waals surface area contributed by atoms with Crippen LogP contribution in [0.5, 0.6) is 0 Å². The van der Waals surface area contributed by atoms with Crippen LogP contribution in [0.3, 0.4) is 0 Å². The molecule has 1 aliphatic rings. The van der Waals surface area contributed by atoms with Gasteiger partial charge in [0.15, 0.2) is 0 Å². The number of nitrogens with zero attached hydrogens (tertiary/aromatic N) is 1. The molecule has 0 saturated carbocycles. The smallest absolute Gasteiger partial charge is 0.263 e. The van der Waals surface area contributed by atoms with Crippen molar-refractivity contribution in [1.29, 1.82) is 0 Å². The second-order valence-electron chi connectivity index (χ2n) is 7.64. The molecule has 5 rings (SSSR count). The minimum Gasteiger partial charge on any atom is -0.381 e. The maximum absolute atomic E-state index is 12.6. The molecule has 2 aromatic carbocycles. The normalized spacial score (nSPS) is 16.5. The van der Waals surface area contributed by atoms with E-state index in [1.165, 1.54) is 11.1 Å². The molecule has 4 aromatic rings. The molecule has 5 heteroatoms. The van der Waals surface area contributed by atoms with Crippen molar-refractivity contribution >= 4 is 43.9 Å². The first-order valence-corrected chi connectivity index (χ1v) is 10.3. The fourth-order valence-electron chi connectivity index (χ4n) is 4.01. The Hall–Kier alpha value is -2.92. The summed E-state index contributed by atoms with van der Waals surface area (Å²) >= 11 is 1.54. The van der Waals surface area contributed by atoms with Crippen LogP contribution >= 0.6 is 11.3 Å². The van der Waals surface area contributed by atoms with Gasteiger partial charge in [-0.05, 0) is 57.2 Å². The molecule has 0 fully saturated rings. The van der Waals surface area contributed by atoms with Crippen LogP contribution in [0.2, 0.25) is 0 Å². The maximum atomic E-state index is 12.6. The van der Waals surface area contributed by atoms with E-state index in [4.69, 9.17) is 4.98 Å². The summed E-state index contributed by atoms with van der Waals surface area (Å²) in [4.78, 5) is 18.3. The Morgan fingerprint density at radius 1 is 1.07 bits per heavy atom. The number of amides is 1. The first-order chi connectivity index (χ1) is 13.5. The molecule has 0 spiro atoms. The summed E-state index contributed by atoms with van der Waals surface area (Å²) in [6, 6.07) is 15.0. The lowest BCUT2D eigenvalue weighted by Crippen LogP contribution is -2.34. The van der Waals surface area contributed by atoms with Gasteiger partial charge >= 0.3 is 0 Å². The number of carbonyl (C=O) groups is 1. The van der Waals surface area contributed by atoms with Crippen molar-refractivity contribution in [1.82, 2.24) is 10.3 Å². The average molecular weight is 388 g/mol.